The third-order valence-corrected chi connectivity index (χ3v) is 5.32. The van der Waals surface area contributed by atoms with E-state index in [4.69, 9.17) is 9.47 Å². The average Bonchev–Trinajstić information content (AvgIpc) is 2.69. The van der Waals surface area contributed by atoms with Gasteiger partial charge in [-0.05, 0) is 24.3 Å². The molecule has 0 heterocycles. The molecule has 2 atom stereocenters. The van der Waals surface area contributed by atoms with Gasteiger partial charge in [0.2, 0.25) is 0 Å². The van der Waals surface area contributed by atoms with Crippen LogP contribution < -0.4 is 0 Å². The molecule has 0 aliphatic heterocycles. The molecule has 0 spiro atoms. The molecule has 0 radical (unpaired) electrons. The minimum atomic E-state index is -0.955. The summed E-state index contributed by atoms with van der Waals surface area (Å²) in [7, 11) is 0. The summed E-state index contributed by atoms with van der Waals surface area (Å²) >= 11 is 6.54. The van der Waals surface area contributed by atoms with Gasteiger partial charge < -0.3 is 9.47 Å². The first-order valence-electron chi connectivity index (χ1n) is 8.77. The molecule has 11 heteroatoms. The fourth-order valence-corrected chi connectivity index (χ4v) is 3.54. The lowest BCUT2D eigenvalue weighted by Gasteiger charge is -2.15. The van der Waals surface area contributed by atoms with Crippen LogP contribution >= 0.6 is 31.9 Å². The first-order chi connectivity index (χ1) is 14.1. The van der Waals surface area contributed by atoms with E-state index in [1.807, 2.05) is 0 Å². The van der Waals surface area contributed by atoms with Crippen LogP contribution in [0.1, 0.15) is 36.8 Å². The molecule has 9 nitrogen and oxygen atoms in total. The highest BCUT2D eigenvalue weighted by Crippen LogP contribution is 2.31. The largest absolute Gasteiger partial charge is 0.508 e. The summed E-state index contributed by atoms with van der Waals surface area (Å²) in [6.45, 7) is 3.13. The van der Waals surface area contributed by atoms with Crippen molar-refractivity contribution in [2.24, 2.45) is 0 Å². The second-order valence-corrected chi connectivity index (χ2v) is 8.43. The van der Waals surface area contributed by atoms with Crippen molar-refractivity contribution in [1.29, 1.82) is 0 Å². The van der Waals surface area contributed by atoms with E-state index in [-0.39, 0.29) is 24.6 Å². The maximum Gasteiger partial charge on any atom is 0.508 e. The molecule has 0 bridgehead atoms. The molecule has 0 aliphatic carbocycles. The topological polar surface area (TPSA) is 122 Å². The fraction of sp³-hybridized carbons (Fsp3) is 0.316. The van der Waals surface area contributed by atoms with Crippen molar-refractivity contribution in [2.45, 2.75) is 25.7 Å². The van der Waals surface area contributed by atoms with Gasteiger partial charge in [-0.15, -0.1) is 0 Å². The van der Waals surface area contributed by atoms with Gasteiger partial charge >= 0.3 is 6.16 Å². The lowest BCUT2D eigenvalue weighted by molar-refractivity contribution is -0.385. The Morgan fingerprint density at radius 2 is 1.23 bits per heavy atom. The fourth-order valence-electron chi connectivity index (χ4n) is 2.78. The zero-order valence-electron chi connectivity index (χ0n) is 16.0. The van der Waals surface area contributed by atoms with E-state index < -0.39 is 27.8 Å². The Balaban J connectivity index is 1.96. The molecule has 0 saturated heterocycles. The zero-order chi connectivity index (χ0) is 22.4. The number of rotatable bonds is 8. The van der Waals surface area contributed by atoms with Gasteiger partial charge in [-0.3, -0.25) is 20.2 Å². The van der Waals surface area contributed by atoms with Crippen LogP contribution in [0.4, 0.5) is 16.2 Å². The van der Waals surface area contributed by atoms with Crippen molar-refractivity contribution < 1.29 is 24.1 Å². The van der Waals surface area contributed by atoms with Crippen molar-refractivity contribution in [3.63, 3.8) is 0 Å². The number of nitro groups is 2. The number of nitrogens with zero attached hydrogens (tertiary/aromatic N) is 2. The highest BCUT2D eigenvalue weighted by Gasteiger charge is 2.23. The summed E-state index contributed by atoms with van der Waals surface area (Å²) in [6, 6.07) is 9.08. The second-order valence-electron chi connectivity index (χ2n) is 6.59. The Morgan fingerprint density at radius 3 is 1.57 bits per heavy atom. The number of hydrogen-bond acceptors (Lipinski definition) is 7. The van der Waals surface area contributed by atoms with Crippen molar-refractivity contribution in [1.82, 2.24) is 0 Å². The lowest BCUT2D eigenvalue weighted by Crippen LogP contribution is -2.16. The normalized spacial score (nSPS) is 12.7. The Morgan fingerprint density at radius 1 is 0.867 bits per heavy atom. The molecule has 0 amide bonds. The van der Waals surface area contributed by atoms with E-state index in [0.29, 0.717) is 20.1 Å². The van der Waals surface area contributed by atoms with Crippen molar-refractivity contribution in [2.75, 3.05) is 13.2 Å². The minimum absolute atomic E-state index is 0.0711. The summed E-state index contributed by atoms with van der Waals surface area (Å²) in [5.41, 5.74) is 0.692. The van der Waals surface area contributed by atoms with Crippen LogP contribution in [0.25, 0.3) is 0 Å². The minimum Gasteiger partial charge on any atom is -0.434 e. The van der Waals surface area contributed by atoms with E-state index >= 15 is 0 Å². The number of halogens is 2. The predicted octanol–water partition coefficient (Wildman–Crippen LogP) is 6.09. The molecule has 0 aliphatic rings. The second kappa shape index (κ2) is 10.5. The third-order valence-electron chi connectivity index (χ3n) is 4.34. The van der Waals surface area contributed by atoms with Gasteiger partial charge in [-0.1, -0.05) is 45.7 Å². The van der Waals surface area contributed by atoms with Gasteiger partial charge in [-0.2, -0.15) is 0 Å². The Hall–Kier alpha value is -2.53. The standard InChI is InChI=1S/C19H18Br2N2O7/c1-11(15-7-13(20)3-5-17(15)22(25)26)9-29-19(24)30-10-12(2)16-8-14(21)4-6-18(16)23(27)28/h3-8,11-12H,9-10H2,1-2H3. The summed E-state index contributed by atoms with van der Waals surface area (Å²) in [6.07, 6.45) is -0.955. The van der Waals surface area contributed by atoms with Gasteiger partial charge in [-0.25, -0.2) is 4.79 Å². The summed E-state index contributed by atoms with van der Waals surface area (Å²) in [4.78, 5) is 33.3. The number of nitro benzene ring substituents is 2. The van der Waals surface area contributed by atoms with Crippen molar-refractivity contribution in [3.05, 3.63) is 76.7 Å². The number of hydrogen-bond donors (Lipinski definition) is 0. The van der Waals surface area contributed by atoms with Crippen LogP contribution in [0, 0.1) is 20.2 Å². The maximum absolute atomic E-state index is 12.0. The van der Waals surface area contributed by atoms with E-state index in [1.165, 1.54) is 12.1 Å². The highest BCUT2D eigenvalue weighted by molar-refractivity contribution is 9.10. The Labute approximate surface area is 188 Å². The molecule has 0 aromatic heterocycles. The van der Waals surface area contributed by atoms with Crippen molar-refractivity contribution >= 4 is 49.4 Å². The van der Waals surface area contributed by atoms with E-state index in [0.717, 1.165) is 0 Å². The van der Waals surface area contributed by atoms with Gasteiger partial charge in [0.25, 0.3) is 11.4 Å². The van der Waals surface area contributed by atoms with Crippen LogP contribution in [-0.2, 0) is 9.47 Å². The molecule has 160 valence electrons. The van der Waals surface area contributed by atoms with Crippen LogP contribution in [0.5, 0.6) is 0 Å². The molecule has 0 fully saturated rings. The highest BCUT2D eigenvalue weighted by atomic mass is 79.9. The number of carbonyl (C=O) groups excluding carboxylic acids is 1. The maximum atomic E-state index is 12.0. The molecular weight excluding hydrogens is 528 g/mol. The summed E-state index contributed by atoms with van der Waals surface area (Å²) in [5, 5.41) is 22.4. The molecule has 2 rings (SSSR count). The Kier molecular flexibility index (Phi) is 8.30. The first kappa shape index (κ1) is 23.7. The summed E-state index contributed by atoms with van der Waals surface area (Å²) < 4.78 is 11.5. The first-order valence-corrected chi connectivity index (χ1v) is 10.4. The zero-order valence-corrected chi connectivity index (χ0v) is 19.2. The average molecular weight is 546 g/mol. The molecule has 2 aromatic carbocycles. The third kappa shape index (κ3) is 6.23. The summed E-state index contributed by atoms with van der Waals surface area (Å²) in [5.74, 6) is -0.891. The van der Waals surface area contributed by atoms with Gasteiger partial charge in [0, 0.05) is 44.0 Å². The molecule has 0 N–H and O–H groups in total. The Bertz CT molecular complexity index is 892. The van der Waals surface area contributed by atoms with Crippen molar-refractivity contribution in [3.8, 4) is 0 Å². The molecular formula is C19H18Br2N2O7. The van der Waals surface area contributed by atoms with Crippen LogP contribution in [0.15, 0.2) is 45.3 Å². The van der Waals surface area contributed by atoms with Crippen LogP contribution in [0.2, 0.25) is 0 Å². The predicted molar refractivity (Wildman–Crippen MR) is 116 cm³/mol. The molecule has 30 heavy (non-hydrogen) atoms. The van der Waals surface area contributed by atoms with Gasteiger partial charge in [0.05, 0.1) is 9.85 Å². The van der Waals surface area contributed by atoms with E-state index in [9.17, 15) is 25.0 Å². The van der Waals surface area contributed by atoms with E-state index in [1.54, 1.807) is 38.1 Å². The molecule has 0 saturated carbocycles. The smallest absolute Gasteiger partial charge is 0.434 e. The quantitative estimate of drug-likeness (QED) is 0.223. The van der Waals surface area contributed by atoms with E-state index in [2.05, 4.69) is 31.9 Å². The lowest BCUT2D eigenvalue weighted by atomic mass is 10.0. The van der Waals surface area contributed by atoms with Gasteiger partial charge in [0.1, 0.15) is 13.2 Å². The van der Waals surface area contributed by atoms with Crippen LogP contribution in [0.3, 0.4) is 0 Å². The number of ether oxygens (including phenoxy) is 2. The molecule has 2 aromatic rings. The van der Waals surface area contributed by atoms with Crippen LogP contribution in [-0.4, -0.2) is 29.2 Å². The van der Waals surface area contributed by atoms with Gasteiger partial charge in [0.15, 0.2) is 0 Å². The molecule has 2 unspecified atom stereocenters. The SMILES string of the molecule is CC(COC(=O)OCC(C)c1cc(Br)ccc1[N+](=O)[O-])c1cc(Br)ccc1[N+](=O)[O-]. The number of benzene rings is 2. The number of carbonyl (C=O) groups is 1. The monoisotopic (exact) mass is 544 g/mol.